The van der Waals surface area contributed by atoms with Crippen LogP contribution in [0.4, 0.5) is 4.79 Å². The van der Waals surface area contributed by atoms with Crippen LogP contribution in [0.2, 0.25) is 0 Å². The summed E-state index contributed by atoms with van der Waals surface area (Å²) >= 11 is 0. The Hall–Kier alpha value is -2.63. The number of hydrogen-bond acceptors (Lipinski definition) is 4. The molecule has 6 nitrogen and oxygen atoms in total. The molecule has 1 fully saturated rings. The van der Waals surface area contributed by atoms with E-state index >= 15 is 0 Å². The van der Waals surface area contributed by atoms with Crippen LogP contribution in [0.15, 0.2) is 42.7 Å². The number of H-pyrrole nitrogens is 1. The Bertz CT molecular complexity index is 703. The molecule has 1 aromatic heterocycles. The highest BCUT2D eigenvalue weighted by molar-refractivity contribution is 5.68. The molecule has 0 unspecified atom stereocenters. The lowest BCUT2D eigenvalue weighted by Gasteiger charge is -2.29. The summed E-state index contributed by atoms with van der Waals surface area (Å²) in [7, 11) is 0. The minimum atomic E-state index is -0.319. The highest BCUT2D eigenvalue weighted by Crippen LogP contribution is 2.26. The van der Waals surface area contributed by atoms with Gasteiger partial charge in [-0.1, -0.05) is 36.9 Å². The monoisotopic (exact) mass is 326 g/mol. The van der Waals surface area contributed by atoms with Crippen molar-refractivity contribution in [3.63, 3.8) is 0 Å². The summed E-state index contributed by atoms with van der Waals surface area (Å²) in [5.74, 6) is 2.41. The summed E-state index contributed by atoms with van der Waals surface area (Å²) < 4.78 is 5.06. The third kappa shape index (κ3) is 4.01. The van der Waals surface area contributed by atoms with Gasteiger partial charge >= 0.3 is 6.09 Å². The van der Waals surface area contributed by atoms with Crippen molar-refractivity contribution >= 4 is 6.09 Å². The van der Waals surface area contributed by atoms with Crippen LogP contribution < -0.4 is 0 Å². The van der Waals surface area contributed by atoms with Crippen LogP contribution in [0.3, 0.4) is 0 Å². The van der Waals surface area contributed by atoms with E-state index in [1.807, 2.05) is 18.2 Å². The summed E-state index contributed by atoms with van der Waals surface area (Å²) in [6, 6.07) is 10.2. The fourth-order valence-electron chi connectivity index (χ4n) is 2.89. The number of aromatic nitrogens is 3. The molecular formula is C18H22N4O2. The Morgan fingerprint density at radius 2 is 2.04 bits per heavy atom. The second-order valence-corrected chi connectivity index (χ2v) is 6.13. The molecule has 0 aliphatic carbocycles. The lowest BCUT2D eigenvalue weighted by atomic mass is 9.96. The van der Waals surface area contributed by atoms with Crippen molar-refractivity contribution in [1.82, 2.24) is 20.1 Å². The molecule has 0 atom stereocenters. The van der Waals surface area contributed by atoms with Crippen molar-refractivity contribution in [3.05, 3.63) is 59.9 Å². The fourth-order valence-corrected chi connectivity index (χ4v) is 2.89. The van der Waals surface area contributed by atoms with E-state index in [1.165, 1.54) is 5.56 Å². The first-order valence-electron chi connectivity index (χ1n) is 8.19. The lowest BCUT2D eigenvalue weighted by molar-refractivity contribution is 0.116. The van der Waals surface area contributed by atoms with Gasteiger partial charge in [0.1, 0.15) is 5.82 Å². The Balaban J connectivity index is 1.55. The van der Waals surface area contributed by atoms with Crippen LogP contribution in [0.5, 0.6) is 0 Å². The van der Waals surface area contributed by atoms with E-state index in [-0.39, 0.29) is 12.0 Å². The van der Waals surface area contributed by atoms with Crippen LogP contribution in [0, 0.1) is 0 Å². The van der Waals surface area contributed by atoms with Gasteiger partial charge in [-0.15, -0.1) is 0 Å². The number of amides is 1. The van der Waals surface area contributed by atoms with Crippen molar-refractivity contribution < 1.29 is 9.53 Å². The van der Waals surface area contributed by atoms with Crippen LogP contribution in [-0.4, -0.2) is 39.3 Å². The van der Waals surface area contributed by atoms with Gasteiger partial charge in [0.15, 0.2) is 5.82 Å². The maximum atomic E-state index is 11.9. The van der Waals surface area contributed by atoms with E-state index in [0.29, 0.717) is 18.8 Å². The Labute approximate surface area is 141 Å². The Morgan fingerprint density at radius 1 is 1.33 bits per heavy atom. The molecule has 1 amide bonds. The highest BCUT2D eigenvalue weighted by atomic mass is 16.6. The summed E-state index contributed by atoms with van der Waals surface area (Å²) in [6.07, 6.45) is 2.11. The van der Waals surface area contributed by atoms with E-state index < -0.39 is 0 Å². The third-order valence-electron chi connectivity index (χ3n) is 4.14. The van der Waals surface area contributed by atoms with E-state index in [9.17, 15) is 4.79 Å². The Morgan fingerprint density at radius 3 is 2.71 bits per heavy atom. The largest absolute Gasteiger partial charge is 0.416 e. The van der Waals surface area contributed by atoms with Crippen molar-refractivity contribution in [3.8, 4) is 0 Å². The number of rotatable bonds is 4. The minimum absolute atomic E-state index is 0.277. The normalized spacial score (nSPS) is 15.3. The number of ether oxygens (including phenoxy) is 1. The first-order valence-corrected chi connectivity index (χ1v) is 8.19. The van der Waals surface area contributed by atoms with E-state index in [0.717, 1.165) is 30.9 Å². The molecule has 0 spiro atoms. The molecule has 1 N–H and O–H groups in total. The van der Waals surface area contributed by atoms with Crippen LogP contribution in [0.1, 0.15) is 42.9 Å². The number of hydrogen-bond donors (Lipinski definition) is 1. The third-order valence-corrected chi connectivity index (χ3v) is 4.14. The topological polar surface area (TPSA) is 71.1 Å². The summed E-state index contributed by atoms with van der Waals surface area (Å²) in [4.78, 5) is 18.2. The van der Waals surface area contributed by atoms with Gasteiger partial charge in [-0.2, -0.15) is 5.10 Å². The number of carbonyl (C=O) groups excluding carboxylic acids is 1. The molecule has 2 heterocycles. The SMILES string of the molecule is C=C(C)OC(=O)N1CCC(c2n[nH]c(Cc3ccccc3)n2)CC1. The summed E-state index contributed by atoms with van der Waals surface area (Å²) in [6.45, 7) is 6.57. The van der Waals surface area contributed by atoms with Gasteiger partial charge in [0.2, 0.25) is 0 Å². The predicted octanol–water partition coefficient (Wildman–Crippen LogP) is 3.25. The first kappa shape index (κ1) is 16.2. The number of carbonyl (C=O) groups is 1. The number of allylic oxidation sites excluding steroid dienone is 1. The van der Waals surface area contributed by atoms with Crippen molar-refractivity contribution in [2.24, 2.45) is 0 Å². The molecule has 126 valence electrons. The molecule has 24 heavy (non-hydrogen) atoms. The first-order chi connectivity index (χ1) is 11.6. The molecule has 2 aromatic rings. The Kier molecular flexibility index (Phi) is 4.93. The maximum Gasteiger partial charge on any atom is 0.414 e. The second-order valence-electron chi connectivity index (χ2n) is 6.13. The quantitative estimate of drug-likeness (QED) is 0.876. The molecule has 3 rings (SSSR count). The lowest BCUT2D eigenvalue weighted by Crippen LogP contribution is -2.38. The minimum Gasteiger partial charge on any atom is -0.416 e. The van der Waals surface area contributed by atoms with Crippen LogP contribution in [-0.2, 0) is 11.2 Å². The highest BCUT2D eigenvalue weighted by Gasteiger charge is 2.27. The van der Waals surface area contributed by atoms with Gasteiger partial charge in [0.05, 0.1) is 5.76 Å². The standard InChI is InChI=1S/C18H22N4O2/c1-13(2)24-18(23)22-10-8-15(9-11-22)17-19-16(20-21-17)12-14-6-4-3-5-7-14/h3-7,15H,1,8-12H2,2H3,(H,19,20,21). The van der Waals surface area contributed by atoms with E-state index in [2.05, 4.69) is 33.9 Å². The number of aromatic amines is 1. The molecular weight excluding hydrogens is 304 g/mol. The zero-order chi connectivity index (χ0) is 16.9. The van der Waals surface area contributed by atoms with Crippen molar-refractivity contribution in [2.75, 3.05) is 13.1 Å². The average Bonchev–Trinajstić information content (AvgIpc) is 3.04. The second kappa shape index (κ2) is 7.29. The molecule has 0 radical (unpaired) electrons. The number of nitrogens with zero attached hydrogens (tertiary/aromatic N) is 3. The zero-order valence-corrected chi connectivity index (χ0v) is 13.9. The number of likely N-dealkylation sites (tertiary alicyclic amines) is 1. The van der Waals surface area contributed by atoms with Gasteiger partial charge in [0.25, 0.3) is 0 Å². The maximum absolute atomic E-state index is 11.9. The summed E-state index contributed by atoms with van der Waals surface area (Å²) in [5.41, 5.74) is 1.21. The van der Waals surface area contributed by atoms with Crippen LogP contribution >= 0.6 is 0 Å². The van der Waals surface area contributed by atoms with Gasteiger partial charge in [-0.25, -0.2) is 9.78 Å². The van der Waals surface area contributed by atoms with Gasteiger partial charge < -0.3 is 9.64 Å². The van der Waals surface area contributed by atoms with Gasteiger partial charge in [-0.05, 0) is 25.3 Å². The smallest absolute Gasteiger partial charge is 0.414 e. The summed E-state index contributed by atoms with van der Waals surface area (Å²) in [5, 5.41) is 7.40. The zero-order valence-electron chi connectivity index (χ0n) is 13.9. The number of piperidine rings is 1. The molecule has 0 bridgehead atoms. The number of benzene rings is 1. The molecule has 1 saturated heterocycles. The molecule has 1 aromatic carbocycles. The fraction of sp³-hybridized carbons (Fsp3) is 0.389. The van der Waals surface area contributed by atoms with Crippen molar-refractivity contribution in [2.45, 2.75) is 32.1 Å². The van der Waals surface area contributed by atoms with Crippen molar-refractivity contribution in [1.29, 1.82) is 0 Å². The molecule has 1 aliphatic heterocycles. The average molecular weight is 326 g/mol. The number of nitrogens with one attached hydrogen (secondary N) is 1. The van der Waals surface area contributed by atoms with E-state index in [4.69, 9.17) is 4.74 Å². The van der Waals surface area contributed by atoms with Gasteiger partial charge in [0, 0.05) is 25.4 Å². The van der Waals surface area contributed by atoms with Crippen LogP contribution in [0.25, 0.3) is 0 Å². The molecule has 1 aliphatic rings. The molecule has 0 saturated carbocycles. The van der Waals surface area contributed by atoms with Gasteiger partial charge in [-0.3, -0.25) is 5.10 Å². The van der Waals surface area contributed by atoms with E-state index in [1.54, 1.807) is 11.8 Å². The molecule has 6 heteroatoms. The predicted molar refractivity (Wildman–Crippen MR) is 90.5 cm³/mol.